The van der Waals surface area contributed by atoms with Gasteiger partial charge in [-0.25, -0.2) is 21.9 Å². The molecule has 0 saturated heterocycles. The quantitative estimate of drug-likeness (QED) is 0.772. The first-order chi connectivity index (χ1) is 12.2. The van der Waals surface area contributed by atoms with Crippen molar-refractivity contribution in [3.63, 3.8) is 0 Å². The number of hydrogen-bond donors (Lipinski definition) is 2. The minimum Gasteiger partial charge on any atom is -0.324 e. The maximum atomic E-state index is 13.5. The summed E-state index contributed by atoms with van der Waals surface area (Å²) in [6.07, 6.45) is 0.382. The molecule has 2 aromatic carbocycles. The Morgan fingerprint density at radius 2 is 1.73 bits per heavy atom. The van der Waals surface area contributed by atoms with Crippen LogP contribution in [0.1, 0.15) is 25.8 Å². The highest BCUT2D eigenvalue weighted by Crippen LogP contribution is 2.16. The van der Waals surface area contributed by atoms with Gasteiger partial charge in [0.05, 0.1) is 10.6 Å². The van der Waals surface area contributed by atoms with Crippen LogP contribution < -0.4 is 10.0 Å². The van der Waals surface area contributed by atoms with Gasteiger partial charge in [0.15, 0.2) is 0 Å². The minimum absolute atomic E-state index is 0.0479. The molecule has 0 saturated carbocycles. The van der Waals surface area contributed by atoms with Gasteiger partial charge in [-0.05, 0) is 50.1 Å². The molecular weight excluding hydrogens is 362 g/mol. The smallest absolute Gasteiger partial charge is 0.240 e. The number of benzene rings is 2. The van der Waals surface area contributed by atoms with Crippen LogP contribution in [-0.2, 0) is 21.2 Å². The number of carbonyl (C=O) groups excluding carboxylic acids is 1. The average molecular weight is 382 g/mol. The number of rotatable bonds is 7. The Bertz CT molecular complexity index is 882. The van der Waals surface area contributed by atoms with E-state index in [0.717, 1.165) is 23.8 Å². The van der Waals surface area contributed by atoms with E-state index in [1.54, 1.807) is 26.0 Å². The Kier molecular flexibility index (Phi) is 6.44. The van der Waals surface area contributed by atoms with Gasteiger partial charge in [0, 0.05) is 18.5 Å². The van der Waals surface area contributed by atoms with Crippen molar-refractivity contribution < 1.29 is 22.0 Å². The van der Waals surface area contributed by atoms with E-state index in [4.69, 9.17) is 0 Å². The first-order valence-electron chi connectivity index (χ1n) is 8.03. The third kappa shape index (κ3) is 5.60. The summed E-state index contributed by atoms with van der Waals surface area (Å²) in [4.78, 5) is 12.0. The van der Waals surface area contributed by atoms with Gasteiger partial charge in [-0.15, -0.1) is 0 Å². The van der Waals surface area contributed by atoms with Gasteiger partial charge in [-0.2, -0.15) is 0 Å². The Labute approximate surface area is 151 Å². The molecule has 0 spiro atoms. The molecule has 0 unspecified atom stereocenters. The zero-order chi connectivity index (χ0) is 19.3. The van der Waals surface area contributed by atoms with E-state index in [-0.39, 0.29) is 23.0 Å². The van der Waals surface area contributed by atoms with Crippen LogP contribution >= 0.6 is 0 Å². The van der Waals surface area contributed by atoms with Crippen molar-refractivity contribution in [3.8, 4) is 0 Å². The fourth-order valence-corrected chi connectivity index (χ4v) is 3.53. The molecule has 0 bridgehead atoms. The number of hydrogen-bond acceptors (Lipinski definition) is 3. The van der Waals surface area contributed by atoms with Crippen LogP contribution in [-0.4, -0.2) is 20.4 Å². The van der Waals surface area contributed by atoms with Crippen LogP contribution in [0.2, 0.25) is 0 Å². The second-order valence-electron chi connectivity index (χ2n) is 6.09. The molecule has 140 valence electrons. The maximum absolute atomic E-state index is 13.5. The number of halogens is 2. The lowest BCUT2D eigenvalue weighted by Crippen LogP contribution is -2.30. The highest BCUT2D eigenvalue weighted by atomic mass is 32.2. The van der Waals surface area contributed by atoms with Gasteiger partial charge in [0.2, 0.25) is 15.9 Å². The van der Waals surface area contributed by atoms with Gasteiger partial charge in [-0.3, -0.25) is 4.79 Å². The van der Waals surface area contributed by atoms with E-state index >= 15 is 0 Å². The van der Waals surface area contributed by atoms with Gasteiger partial charge in [-0.1, -0.05) is 12.1 Å². The van der Waals surface area contributed by atoms with Crippen molar-refractivity contribution >= 4 is 21.6 Å². The fraction of sp³-hybridized carbons (Fsp3) is 0.278. The largest absolute Gasteiger partial charge is 0.324 e. The summed E-state index contributed by atoms with van der Waals surface area (Å²) in [6, 6.07) is 8.76. The van der Waals surface area contributed by atoms with Crippen molar-refractivity contribution in [2.45, 2.75) is 37.6 Å². The van der Waals surface area contributed by atoms with Gasteiger partial charge in [0.25, 0.3) is 0 Å². The highest BCUT2D eigenvalue weighted by Gasteiger charge is 2.15. The first-order valence-corrected chi connectivity index (χ1v) is 9.52. The lowest BCUT2D eigenvalue weighted by molar-refractivity contribution is -0.116. The van der Waals surface area contributed by atoms with E-state index < -0.39 is 27.6 Å². The number of carbonyl (C=O) groups is 1. The molecular formula is C18H20F2N2O3S. The molecule has 2 aromatic rings. The zero-order valence-corrected chi connectivity index (χ0v) is 15.2. The SMILES string of the molecule is CC(C)NS(=O)(=O)c1ccc(CCC(=O)Nc2cc(F)ccc2F)cc1. The lowest BCUT2D eigenvalue weighted by Gasteiger charge is -2.10. The van der Waals surface area contributed by atoms with Crippen LogP contribution in [0.15, 0.2) is 47.4 Å². The molecule has 2 rings (SSSR count). The summed E-state index contributed by atoms with van der Waals surface area (Å²) >= 11 is 0. The lowest BCUT2D eigenvalue weighted by atomic mass is 10.1. The zero-order valence-electron chi connectivity index (χ0n) is 14.4. The molecule has 0 aromatic heterocycles. The molecule has 2 N–H and O–H groups in total. The third-order valence-electron chi connectivity index (χ3n) is 3.47. The Morgan fingerprint density at radius 1 is 1.08 bits per heavy atom. The molecule has 0 radical (unpaired) electrons. The summed E-state index contributed by atoms with van der Waals surface area (Å²) < 4.78 is 53.2. The molecule has 0 aliphatic rings. The summed E-state index contributed by atoms with van der Waals surface area (Å²) in [7, 11) is -3.56. The summed E-state index contributed by atoms with van der Waals surface area (Å²) in [5.74, 6) is -1.83. The van der Waals surface area contributed by atoms with E-state index in [1.165, 1.54) is 12.1 Å². The highest BCUT2D eigenvalue weighted by molar-refractivity contribution is 7.89. The number of anilines is 1. The second-order valence-corrected chi connectivity index (χ2v) is 7.81. The van der Waals surface area contributed by atoms with Crippen molar-refractivity contribution in [1.82, 2.24) is 4.72 Å². The fourth-order valence-electron chi connectivity index (χ4n) is 2.28. The van der Waals surface area contributed by atoms with E-state index in [1.807, 2.05) is 0 Å². The molecule has 0 atom stereocenters. The predicted octanol–water partition coefficient (Wildman–Crippen LogP) is 3.22. The van der Waals surface area contributed by atoms with Crippen molar-refractivity contribution in [2.75, 3.05) is 5.32 Å². The molecule has 26 heavy (non-hydrogen) atoms. The van der Waals surface area contributed by atoms with Crippen LogP contribution in [0.4, 0.5) is 14.5 Å². The van der Waals surface area contributed by atoms with Crippen LogP contribution in [0.25, 0.3) is 0 Å². The molecule has 0 fully saturated rings. The Hall–Kier alpha value is -2.32. The number of nitrogens with one attached hydrogen (secondary N) is 2. The topological polar surface area (TPSA) is 75.3 Å². The van der Waals surface area contributed by atoms with Crippen LogP contribution in [0.5, 0.6) is 0 Å². The summed E-state index contributed by atoms with van der Waals surface area (Å²) in [5, 5.41) is 2.32. The number of amides is 1. The van der Waals surface area contributed by atoms with Crippen LogP contribution in [0, 0.1) is 11.6 Å². The second kappa shape index (κ2) is 8.37. The van der Waals surface area contributed by atoms with Gasteiger partial charge in [0.1, 0.15) is 11.6 Å². The average Bonchev–Trinajstić information content (AvgIpc) is 2.55. The van der Waals surface area contributed by atoms with E-state index in [9.17, 15) is 22.0 Å². The van der Waals surface area contributed by atoms with E-state index in [2.05, 4.69) is 10.0 Å². The summed E-state index contributed by atoms with van der Waals surface area (Å²) in [6.45, 7) is 3.46. The maximum Gasteiger partial charge on any atom is 0.240 e. The molecule has 0 heterocycles. The molecule has 0 aliphatic carbocycles. The molecule has 8 heteroatoms. The first kappa shape index (κ1) is 20.0. The molecule has 0 aliphatic heterocycles. The third-order valence-corrected chi connectivity index (χ3v) is 5.14. The Balaban J connectivity index is 1.95. The van der Waals surface area contributed by atoms with E-state index in [0.29, 0.717) is 6.42 Å². The van der Waals surface area contributed by atoms with Gasteiger partial charge >= 0.3 is 0 Å². The van der Waals surface area contributed by atoms with Crippen molar-refractivity contribution in [3.05, 3.63) is 59.7 Å². The van der Waals surface area contributed by atoms with Crippen LogP contribution in [0.3, 0.4) is 0 Å². The Morgan fingerprint density at radius 3 is 2.35 bits per heavy atom. The molecule has 1 amide bonds. The standard InChI is InChI=1S/C18H20F2N2O3S/c1-12(2)22-26(24,25)15-7-3-13(4-8-15)5-10-18(23)21-17-11-14(19)6-9-16(17)20/h3-4,6-9,11-12,22H,5,10H2,1-2H3,(H,21,23). The van der Waals surface area contributed by atoms with Gasteiger partial charge < -0.3 is 5.32 Å². The number of sulfonamides is 1. The van der Waals surface area contributed by atoms with Crippen molar-refractivity contribution in [1.29, 1.82) is 0 Å². The number of aryl methyl sites for hydroxylation is 1. The summed E-state index contributed by atoms with van der Waals surface area (Å²) in [5.41, 5.74) is 0.541. The minimum atomic E-state index is -3.56. The normalized spacial score (nSPS) is 11.6. The molecule has 5 nitrogen and oxygen atoms in total. The van der Waals surface area contributed by atoms with Crippen molar-refractivity contribution in [2.24, 2.45) is 0 Å². The predicted molar refractivity (Wildman–Crippen MR) is 95.2 cm³/mol. The monoisotopic (exact) mass is 382 g/mol.